The van der Waals surface area contributed by atoms with E-state index in [0.717, 1.165) is 0 Å². The monoisotopic (exact) mass is 361 g/mol. The maximum absolute atomic E-state index is 12.0. The molecule has 1 aromatic heterocycles. The van der Waals surface area contributed by atoms with Crippen LogP contribution < -0.4 is 0 Å². The number of hydrogen-bond donors (Lipinski definition) is 1. The summed E-state index contributed by atoms with van der Waals surface area (Å²) in [5, 5.41) is 13.6. The van der Waals surface area contributed by atoms with Gasteiger partial charge in [-0.05, 0) is 24.3 Å². The SMILES string of the molecule is COC(=O)c1cncn1C(c1ccccc1)C1CCCCC1.O=[N+]([O-])O. The first kappa shape index (κ1) is 19.4. The molecule has 1 saturated carbocycles. The molecule has 1 N–H and O–H groups in total. The molecule has 2 aromatic rings. The molecule has 0 bridgehead atoms. The molecule has 0 saturated heterocycles. The van der Waals surface area contributed by atoms with E-state index >= 15 is 0 Å². The number of benzene rings is 1. The third-order valence-corrected chi connectivity index (χ3v) is 4.60. The third-order valence-electron chi connectivity index (χ3n) is 4.60. The van der Waals surface area contributed by atoms with Crippen molar-refractivity contribution < 1.29 is 19.8 Å². The zero-order valence-corrected chi connectivity index (χ0v) is 14.7. The largest absolute Gasteiger partial charge is 0.464 e. The van der Waals surface area contributed by atoms with Crippen LogP contribution in [0.4, 0.5) is 0 Å². The van der Waals surface area contributed by atoms with Crippen molar-refractivity contribution in [3.8, 4) is 0 Å². The predicted molar refractivity (Wildman–Crippen MR) is 93.5 cm³/mol. The number of esters is 1. The van der Waals surface area contributed by atoms with Gasteiger partial charge in [-0.25, -0.2) is 9.78 Å². The molecular formula is C18H23N3O5. The van der Waals surface area contributed by atoms with Crippen LogP contribution in [0.1, 0.15) is 54.2 Å². The molecule has 1 aliphatic carbocycles. The van der Waals surface area contributed by atoms with Crippen LogP contribution in [0.15, 0.2) is 42.9 Å². The molecule has 1 atom stereocenters. The molecule has 1 heterocycles. The standard InChI is InChI=1S/C18H22N2O2.HNO3/c1-22-18(21)16-12-19-13-20(16)17(14-8-4-2-5-9-14)15-10-6-3-7-11-15;2-1(3)4/h2,4-5,8-9,12-13,15,17H,3,6-7,10-11H2,1H3;(H,2,3,4). The third kappa shape index (κ3) is 5.05. The van der Waals surface area contributed by atoms with Crippen LogP contribution in [-0.4, -0.2) is 32.9 Å². The lowest BCUT2D eigenvalue weighted by molar-refractivity contribution is -0.742. The molecule has 3 rings (SSSR count). The molecule has 8 nitrogen and oxygen atoms in total. The van der Waals surface area contributed by atoms with E-state index in [9.17, 15) is 4.79 Å². The van der Waals surface area contributed by atoms with Gasteiger partial charge < -0.3 is 14.5 Å². The van der Waals surface area contributed by atoms with Crippen molar-refractivity contribution in [1.82, 2.24) is 9.55 Å². The molecule has 0 aliphatic heterocycles. The highest BCUT2D eigenvalue weighted by molar-refractivity contribution is 5.87. The summed E-state index contributed by atoms with van der Waals surface area (Å²) < 4.78 is 6.91. The molecule has 1 unspecified atom stereocenters. The Morgan fingerprint density at radius 2 is 1.92 bits per heavy atom. The lowest BCUT2D eigenvalue weighted by Gasteiger charge is -2.32. The van der Waals surface area contributed by atoms with Crippen molar-refractivity contribution in [2.45, 2.75) is 38.1 Å². The van der Waals surface area contributed by atoms with Gasteiger partial charge in [-0.3, -0.25) is 0 Å². The van der Waals surface area contributed by atoms with Gasteiger partial charge in [-0.1, -0.05) is 49.6 Å². The first-order chi connectivity index (χ1) is 12.5. The highest BCUT2D eigenvalue weighted by Gasteiger charge is 2.29. The summed E-state index contributed by atoms with van der Waals surface area (Å²) in [5.41, 5.74) is 1.76. The van der Waals surface area contributed by atoms with E-state index in [-0.39, 0.29) is 12.0 Å². The number of nitrogens with zero attached hydrogens (tertiary/aromatic N) is 3. The number of ether oxygens (including phenoxy) is 1. The maximum Gasteiger partial charge on any atom is 0.356 e. The zero-order chi connectivity index (χ0) is 18.9. The van der Waals surface area contributed by atoms with Crippen molar-refractivity contribution in [1.29, 1.82) is 0 Å². The summed E-state index contributed by atoms with van der Waals surface area (Å²) in [6.07, 6.45) is 9.58. The molecule has 140 valence electrons. The van der Waals surface area contributed by atoms with Crippen molar-refractivity contribution in [2.75, 3.05) is 7.11 Å². The van der Waals surface area contributed by atoms with Gasteiger partial charge in [-0.15, -0.1) is 10.1 Å². The minimum atomic E-state index is -1.50. The Bertz CT molecular complexity index is 707. The number of rotatable bonds is 4. The highest BCUT2D eigenvalue weighted by atomic mass is 16.9. The van der Waals surface area contributed by atoms with E-state index in [4.69, 9.17) is 20.1 Å². The molecule has 1 aliphatic rings. The molecule has 26 heavy (non-hydrogen) atoms. The fraction of sp³-hybridized carbons (Fsp3) is 0.444. The second-order valence-corrected chi connectivity index (χ2v) is 6.17. The van der Waals surface area contributed by atoms with Crippen molar-refractivity contribution in [2.24, 2.45) is 5.92 Å². The predicted octanol–water partition coefficient (Wildman–Crippen LogP) is 3.49. The number of methoxy groups -OCH3 is 1. The highest BCUT2D eigenvalue weighted by Crippen LogP contribution is 2.37. The zero-order valence-electron chi connectivity index (χ0n) is 14.7. The van der Waals surface area contributed by atoms with Crippen molar-refractivity contribution in [3.05, 3.63) is 64.2 Å². The Balaban J connectivity index is 0.000000552. The number of imidazole rings is 1. The van der Waals surface area contributed by atoms with Gasteiger partial charge in [0.05, 0.1) is 25.7 Å². The Labute approximate surface area is 151 Å². The minimum Gasteiger partial charge on any atom is -0.464 e. The van der Waals surface area contributed by atoms with Gasteiger partial charge in [0, 0.05) is 0 Å². The van der Waals surface area contributed by atoms with Gasteiger partial charge in [-0.2, -0.15) is 0 Å². The summed E-state index contributed by atoms with van der Waals surface area (Å²) >= 11 is 0. The van der Waals surface area contributed by atoms with Gasteiger partial charge in [0.25, 0.3) is 5.09 Å². The van der Waals surface area contributed by atoms with Crippen molar-refractivity contribution in [3.63, 3.8) is 0 Å². The topological polar surface area (TPSA) is 107 Å². The van der Waals surface area contributed by atoms with Crippen LogP contribution in [0.5, 0.6) is 0 Å². The normalized spacial score (nSPS) is 15.4. The van der Waals surface area contributed by atoms with E-state index < -0.39 is 5.09 Å². The van der Waals surface area contributed by atoms with Gasteiger partial charge in [0.15, 0.2) is 0 Å². The minimum absolute atomic E-state index is 0.151. The summed E-state index contributed by atoms with van der Waals surface area (Å²) in [6.45, 7) is 0. The van der Waals surface area contributed by atoms with E-state index in [0.29, 0.717) is 11.6 Å². The van der Waals surface area contributed by atoms with Gasteiger partial charge in [0.2, 0.25) is 0 Å². The van der Waals surface area contributed by atoms with Crippen LogP contribution in [0, 0.1) is 16.0 Å². The van der Waals surface area contributed by atoms with Crippen LogP contribution in [0.2, 0.25) is 0 Å². The second kappa shape index (κ2) is 9.55. The smallest absolute Gasteiger partial charge is 0.356 e. The molecule has 1 aromatic carbocycles. The number of aromatic nitrogens is 2. The average molecular weight is 361 g/mol. The lowest BCUT2D eigenvalue weighted by Crippen LogP contribution is -2.25. The first-order valence-corrected chi connectivity index (χ1v) is 8.53. The summed E-state index contributed by atoms with van der Waals surface area (Å²) in [4.78, 5) is 24.6. The summed E-state index contributed by atoms with van der Waals surface area (Å²) in [6, 6.07) is 10.6. The van der Waals surface area contributed by atoms with E-state index in [1.54, 1.807) is 12.5 Å². The second-order valence-electron chi connectivity index (χ2n) is 6.17. The van der Waals surface area contributed by atoms with E-state index in [1.807, 2.05) is 10.6 Å². The lowest BCUT2D eigenvalue weighted by atomic mass is 9.81. The average Bonchev–Trinajstić information content (AvgIpc) is 3.12. The molecule has 8 heteroatoms. The molecule has 0 spiro atoms. The molecule has 0 radical (unpaired) electrons. The Morgan fingerprint density at radius 1 is 1.31 bits per heavy atom. The van der Waals surface area contributed by atoms with Gasteiger partial charge >= 0.3 is 5.97 Å². The van der Waals surface area contributed by atoms with Crippen LogP contribution in [0.3, 0.4) is 0 Å². The fourth-order valence-corrected chi connectivity index (χ4v) is 3.55. The number of carbonyl (C=O) groups excluding carboxylic acids is 1. The van der Waals surface area contributed by atoms with Crippen LogP contribution in [0.25, 0.3) is 0 Å². The van der Waals surface area contributed by atoms with E-state index in [2.05, 4.69) is 29.2 Å². The van der Waals surface area contributed by atoms with Crippen LogP contribution >= 0.6 is 0 Å². The number of carbonyl (C=O) groups is 1. The molecule has 0 amide bonds. The van der Waals surface area contributed by atoms with Gasteiger partial charge in [0.1, 0.15) is 5.69 Å². The van der Waals surface area contributed by atoms with E-state index in [1.165, 1.54) is 44.8 Å². The Hall–Kier alpha value is -2.90. The Morgan fingerprint density at radius 3 is 2.50 bits per heavy atom. The first-order valence-electron chi connectivity index (χ1n) is 8.53. The summed E-state index contributed by atoms with van der Waals surface area (Å²) in [7, 11) is 1.41. The molecule has 1 fully saturated rings. The Kier molecular flexibility index (Phi) is 7.13. The summed E-state index contributed by atoms with van der Waals surface area (Å²) in [5.74, 6) is 0.211. The fourth-order valence-electron chi connectivity index (χ4n) is 3.55. The number of hydrogen-bond acceptors (Lipinski definition) is 5. The van der Waals surface area contributed by atoms with Crippen LogP contribution in [-0.2, 0) is 4.74 Å². The van der Waals surface area contributed by atoms with Crippen molar-refractivity contribution >= 4 is 5.97 Å². The maximum atomic E-state index is 12.0. The molecular weight excluding hydrogens is 338 g/mol. The quantitative estimate of drug-likeness (QED) is 0.507.